The van der Waals surface area contributed by atoms with Gasteiger partial charge in [-0.1, -0.05) is 35.5 Å². The molecule has 0 spiro atoms. The summed E-state index contributed by atoms with van der Waals surface area (Å²) in [7, 11) is 0. The lowest BCUT2D eigenvalue weighted by Gasteiger charge is -2.04. The van der Waals surface area contributed by atoms with Crippen molar-refractivity contribution in [1.29, 1.82) is 0 Å². The monoisotopic (exact) mass is 231 g/mol. The average Bonchev–Trinajstić information content (AvgIpc) is 2.77. The second-order valence-corrected chi connectivity index (χ2v) is 3.63. The first-order valence-electron chi connectivity index (χ1n) is 5.26. The van der Waals surface area contributed by atoms with Gasteiger partial charge in [-0.15, -0.1) is 0 Å². The second-order valence-electron chi connectivity index (χ2n) is 3.63. The molecule has 1 amide bonds. The Bertz CT molecular complexity index is 493. The van der Waals surface area contributed by atoms with E-state index in [9.17, 15) is 4.79 Å². The maximum Gasteiger partial charge on any atom is 0.303 e. The fourth-order valence-corrected chi connectivity index (χ4v) is 1.35. The van der Waals surface area contributed by atoms with Gasteiger partial charge in [-0.05, 0) is 12.5 Å². The number of hydrogen-bond donors (Lipinski definition) is 2. The summed E-state index contributed by atoms with van der Waals surface area (Å²) in [6, 6.07) is 11.4. The van der Waals surface area contributed by atoms with Crippen molar-refractivity contribution in [2.75, 3.05) is 0 Å². The van der Waals surface area contributed by atoms with E-state index in [0.717, 1.165) is 5.56 Å². The Morgan fingerprint density at radius 2 is 2.12 bits per heavy atom. The largest absolute Gasteiger partial charge is 0.351 e. The molecule has 2 N–H and O–H groups in total. The summed E-state index contributed by atoms with van der Waals surface area (Å²) in [5.41, 5.74) is 7.12. The Morgan fingerprint density at radius 1 is 1.35 bits per heavy atom. The maximum atomic E-state index is 11.5. The van der Waals surface area contributed by atoms with Gasteiger partial charge in [-0.25, -0.2) is 5.43 Å². The molecular weight excluding hydrogens is 218 g/mol. The molecule has 0 fully saturated rings. The fourth-order valence-electron chi connectivity index (χ4n) is 1.35. The highest BCUT2D eigenvalue weighted by Gasteiger charge is 2.10. The Labute approximate surface area is 98.8 Å². The van der Waals surface area contributed by atoms with Crippen LogP contribution in [0.3, 0.4) is 0 Å². The molecule has 0 saturated heterocycles. The molecule has 1 aromatic heterocycles. The second kappa shape index (κ2) is 5.27. The molecule has 0 aliphatic heterocycles. The number of hydrazine groups is 1. The average molecular weight is 231 g/mol. The Kier molecular flexibility index (Phi) is 3.52. The summed E-state index contributed by atoms with van der Waals surface area (Å²) < 4.78 is 4.83. The summed E-state index contributed by atoms with van der Waals surface area (Å²) in [5.74, 6) is -0.135. The lowest BCUT2D eigenvalue weighted by molar-refractivity contribution is 0.0894. The predicted molar refractivity (Wildman–Crippen MR) is 62.0 cm³/mol. The zero-order valence-corrected chi connectivity index (χ0v) is 9.43. The summed E-state index contributed by atoms with van der Waals surface area (Å²) in [5, 5.41) is 3.64. The minimum atomic E-state index is -0.332. The molecule has 5 nitrogen and oxygen atoms in total. The van der Waals surface area contributed by atoms with Crippen molar-refractivity contribution in [3.05, 3.63) is 53.4 Å². The first kappa shape index (κ1) is 11.3. The number of amides is 1. The molecule has 0 saturated carbocycles. The number of rotatable bonds is 4. The third-order valence-electron chi connectivity index (χ3n) is 2.19. The van der Waals surface area contributed by atoms with Crippen LogP contribution in [-0.4, -0.2) is 11.1 Å². The number of benzene rings is 1. The number of hydrogen-bond acceptors (Lipinski definition) is 4. The molecule has 2 rings (SSSR count). The standard InChI is InChI=1S/C12H13N3O2/c1-9-7-11(17-15-9)12(16)14-13-8-10-5-3-2-4-6-10/h2-7,13H,8H2,1H3,(H,14,16). The van der Waals surface area contributed by atoms with E-state index in [1.54, 1.807) is 13.0 Å². The van der Waals surface area contributed by atoms with Crippen LogP contribution >= 0.6 is 0 Å². The van der Waals surface area contributed by atoms with E-state index in [1.807, 2.05) is 30.3 Å². The highest BCUT2D eigenvalue weighted by atomic mass is 16.5. The van der Waals surface area contributed by atoms with Gasteiger partial charge in [0.05, 0.1) is 5.69 Å². The van der Waals surface area contributed by atoms with Gasteiger partial charge >= 0.3 is 5.91 Å². The van der Waals surface area contributed by atoms with Crippen LogP contribution in [0.4, 0.5) is 0 Å². The molecule has 1 heterocycles. The van der Waals surface area contributed by atoms with Crippen molar-refractivity contribution >= 4 is 5.91 Å². The van der Waals surface area contributed by atoms with Crippen LogP contribution in [0.1, 0.15) is 21.8 Å². The van der Waals surface area contributed by atoms with Crippen molar-refractivity contribution < 1.29 is 9.32 Å². The van der Waals surface area contributed by atoms with Crippen LogP contribution in [0.15, 0.2) is 40.9 Å². The van der Waals surface area contributed by atoms with E-state index in [4.69, 9.17) is 4.52 Å². The number of aryl methyl sites for hydroxylation is 1. The number of aromatic nitrogens is 1. The number of carbonyl (C=O) groups excluding carboxylic acids is 1. The molecule has 0 bridgehead atoms. The Hall–Kier alpha value is -2.14. The van der Waals surface area contributed by atoms with Gasteiger partial charge in [0.25, 0.3) is 0 Å². The molecule has 0 atom stereocenters. The van der Waals surface area contributed by atoms with E-state index in [-0.39, 0.29) is 11.7 Å². The predicted octanol–water partition coefficient (Wildman–Crippen LogP) is 1.42. The van der Waals surface area contributed by atoms with Gasteiger partial charge in [-0.3, -0.25) is 10.2 Å². The van der Waals surface area contributed by atoms with Crippen LogP contribution < -0.4 is 10.9 Å². The van der Waals surface area contributed by atoms with Gasteiger partial charge in [-0.2, -0.15) is 0 Å². The van der Waals surface area contributed by atoms with E-state index < -0.39 is 0 Å². The first-order chi connectivity index (χ1) is 8.25. The fraction of sp³-hybridized carbons (Fsp3) is 0.167. The van der Waals surface area contributed by atoms with Crippen molar-refractivity contribution in [3.63, 3.8) is 0 Å². The van der Waals surface area contributed by atoms with Gasteiger partial charge in [0, 0.05) is 12.6 Å². The van der Waals surface area contributed by atoms with Crippen LogP contribution in [0, 0.1) is 6.92 Å². The smallest absolute Gasteiger partial charge is 0.303 e. The molecule has 17 heavy (non-hydrogen) atoms. The molecule has 0 aliphatic carbocycles. The first-order valence-corrected chi connectivity index (χ1v) is 5.26. The third kappa shape index (κ3) is 3.15. The number of nitrogens with one attached hydrogen (secondary N) is 2. The molecule has 1 aromatic carbocycles. The number of nitrogens with zero attached hydrogens (tertiary/aromatic N) is 1. The van der Waals surface area contributed by atoms with Crippen LogP contribution in [0.2, 0.25) is 0 Å². The van der Waals surface area contributed by atoms with Crippen molar-refractivity contribution in [2.45, 2.75) is 13.5 Å². The molecule has 5 heteroatoms. The minimum absolute atomic E-state index is 0.197. The summed E-state index contributed by atoms with van der Waals surface area (Å²) in [4.78, 5) is 11.5. The van der Waals surface area contributed by atoms with E-state index >= 15 is 0 Å². The molecule has 0 unspecified atom stereocenters. The zero-order chi connectivity index (χ0) is 12.1. The quantitative estimate of drug-likeness (QED) is 0.781. The summed E-state index contributed by atoms with van der Waals surface area (Å²) >= 11 is 0. The zero-order valence-electron chi connectivity index (χ0n) is 9.43. The Balaban J connectivity index is 1.81. The van der Waals surface area contributed by atoms with E-state index in [1.165, 1.54) is 0 Å². The molecule has 88 valence electrons. The molecule has 2 aromatic rings. The topological polar surface area (TPSA) is 67.2 Å². The van der Waals surface area contributed by atoms with Gasteiger partial charge in [0.1, 0.15) is 0 Å². The highest BCUT2D eigenvalue weighted by molar-refractivity contribution is 5.90. The highest BCUT2D eigenvalue weighted by Crippen LogP contribution is 2.01. The van der Waals surface area contributed by atoms with Crippen molar-refractivity contribution in [3.8, 4) is 0 Å². The lowest BCUT2D eigenvalue weighted by Crippen LogP contribution is -2.36. The summed E-state index contributed by atoms with van der Waals surface area (Å²) in [6.07, 6.45) is 0. The lowest BCUT2D eigenvalue weighted by atomic mass is 10.2. The normalized spacial score (nSPS) is 10.2. The maximum absolute atomic E-state index is 11.5. The van der Waals surface area contributed by atoms with Crippen LogP contribution in [0.25, 0.3) is 0 Å². The Morgan fingerprint density at radius 3 is 2.76 bits per heavy atom. The van der Waals surface area contributed by atoms with Crippen LogP contribution in [0.5, 0.6) is 0 Å². The molecular formula is C12H13N3O2. The summed E-state index contributed by atoms with van der Waals surface area (Å²) in [6.45, 7) is 2.32. The van der Waals surface area contributed by atoms with E-state index in [0.29, 0.717) is 12.2 Å². The molecule has 0 aliphatic rings. The third-order valence-corrected chi connectivity index (χ3v) is 2.19. The minimum Gasteiger partial charge on any atom is -0.351 e. The van der Waals surface area contributed by atoms with Crippen molar-refractivity contribution in [2.24, 2.45) is 0 Å². The van der Waals surface area contributed by atoms with Crippen LogP contribution in [-0.2, 0) is 6.54 Å². The molecule has 0 radical (unpaired) electrons. The SMILES string of the molecule is Cc1cc(C(=O)NNCc2ccccc2)on1. The number of carbonyl (C=O) groups is 1. The van der Waals surface area contributed by atoms with Gasteiger partial charge in [0.2, 0.25) is 5.76 Å². The van der Waals surface area contributed by atoms with Crippen molar-refractivity contribution in [1.82, 2.24) is 16.0 Å². The van der Waals surface area contributed by atoms with Gasteiger partial charge in [0.15, 0.2) is 0 Å². The van der Waals surface area contributed by atoms with Gasteiger partial charge < -0.3 is 4.52 Å². The van der Waals surface area contributed by atoms with E-state index in [2.05, 4.69) is 16.0 Å².